The highest BCUT2D eigenvalue weighted by atomic mass is 35.5. The molecule has 0 spiro atoms. The molecular formula is C13H18ClN3O. The summed E-state index contributed by atoms with van der Waals surface area (Å²) in [6.07, 6.45) is 2.30. The van der Waals surface area contributed by atoms with Gasteiger partial charge in [0.2, 0.25) is 0 Å². The molecule has 0 atom stereocenters. The zero-order chi connectivity index (χ0) is 12.1. The molecule has 2 rings (SSSR count). The Morgan fingerprint density at radius 1 is 1.33 bits per heavy atom. The van der Waals surface area contributed by atoms with Crippen molar-refractivity contribution in [1.82, 2.24) is 15.3 Å². The molecule has 1 heterocycles. The van der Waals surface area contributed by atoms with E-state index in [-0.39, 0.29) is 18.0 Å². The zero-order valence-electron chi connectivity index (χ0n) is 10.4. The summed E-state index contributed by atoms with van der Waals surface area (Å²) in [4.78, 5) is 19.0. The molecule has 0 saturated heterocycles. The summed E-state index contributed by atoms with van der Waals surface area (Å²) in [6, 6.07) is 7.39. The number of para-hydroxylation sites is 1. The van der Waals surface area contributed by atoms with Crippen LogP contribution < -0.4 is 10.9 Å². The van der Waals surface area contributed by atoms with E-state index < -0.39 is 0 Å². The molecule has 0 aliphatic carbocycles. The summed E-state index contributed by atoms with van der Waals surface area (Å²) in [6.45, 7) is 3.71. The number of unbranched alkanes of at least 4 members (excludes halogenated alkanes) is 1. The van der Waals surface area contributed by atoms with Gasteiger partial charge in [0.05, 0.1) is 17.4 Å². The second-order valence-electron chi connectivity index (χ2n) is 4.06. The van der Waals surface area contributed by atoms with Gasteiger partial charge in [0.1, 0.15) is 5.82 Å². The lowest BCUT2D eigenvalue weighted by molar-refractivity contribution is 0.623. The molecule has 0 aliphatic rings. The van der Waals surface area contributed by atoms with Gasteiger partial charge in [-0.25, -0.2) is 4.98 Å². The Hall–Kier alpha value is -1.39. The molecule has 0 radical (unpaired) electrons. The molecule has 0 unspecified atom stereocenters. The lowest BCUT2D eigenvalue weighted by atomic mass is 10.2. The first-order valence-electron chi connectivity index (χ1n) is 6.00. The fourth-order valence-corrected chi connectivity index (χ4v) is 1.73. The summed E-state index contributed by atoms with van der Waals surface area (Å²) in [5, 5.41) is 3.91. The van der Waals surface area contributed by atoms with Gasteiger partial charge in [0.25, 0.3) is 5.56 Å². The van der Waals surface area contributed by atoms with Crippen molar-refractivity contribution < 1.29 is 0 Å². The number of aromatic amines is 1. The van der Waals surface area contributed by atoms with Crippen molar-refractivity contribution in [3.8, 4) is 0 Å². The van der Waals surface area contributed by atoms with Crippen molar-refractivity contribution >= 4 is 23.3 Å². The van der Waals surface area contributed by atoms with Crippen molar-refractivity contribution in [2.45, 2.75) is 26.3 Å². The van der Waals surface area contributed by atoms with E-state index in [1.165, 1.54) is 0 Å². The van der Waals surface area contributed by atoms with E-state index >= 15 is 0 Å². The number of hydrogen-bond acceptors (Lipinski definition) is 3. The second-order valence-corrected chi connectivity index (χ2v) is 4.06. The third kappa shape index (κ3) is 3.55. The molecule has 5 heteroatoms. The van der Waals surface area contributed by atoms with Gasteiger partial charge in [-0.1, -0.05) is 25.5 Å². The molecule has 0 bridgehead atoms. The first-order valence-corrected chi connectivity index (χ1v) is 6.00. The van der Waals surface area contributed by atoms with E-state index in [0.29, 0.717) is 17.8 Å². The Morgan fingerprint density at radius 2 is 2.11 bits per heavy atom. The highest BCUT2D eigenvalue weighted by Crippen LogP contribution is 2.05. The Kier molecular flexibility index (Phi) is 5.82. The van der Waals surface area contributed by atoms with Crippen LogP contribution in [0, 0.1) is 0 Å². The monoisotopic (exact) mass is 267 g/mol. The minimum absolute atomic E-state index is 0. The Balaban J connectivity index is 0.00000162. The first-order chi connectivity index (χ1) is 8.31. The number of benzene rings is 1. The smallest absolute Gasteiger partial charge is 0.258 e. The maximum Gasteiger partial charge on any atom is 0.258 e. The lowest BCUT2D eigenvalue weighted by Crippen LogP contribution is -2.20. The molecule has 18 heavy (non-hydrogen) atoms. The molecule has 0 aliphatic heterocycles. The van der Waals surface area contributed by atoms with E-state index in [1.807, 2.05) is 18.2 Å². The highest BCUT2D eigenvalue weighted by molar-refractivity contribution is 5.85. The normalized spacial score (nSPS) is 10.3. The summed E-state index contributed by atoms with van der Waals surface area (Å²) < 4.78 is 0. The molecule has 2 N–H and O–H groups in total. The standard InChI is InChI=1S/C13H17N3O.ClH/c1-2-3-8-14-9-12-15-11-7-5-4-6-10(11)13(17)16-12;/h4-7,14H,2-3,8-9H2,1H3,(H,15,16,17);1H. The van der Waals surface area contributed by atoms with Gasteiger partial charge >= 0.3 is 0 Å². The largest absolute Gasteiger partial charge is 0.310 e. The number of H-pyrrole nitrogens is 1. The molecule has 98 valence electrons. The van der Waals surface area contributed by atoms with Crippen molar-refractivity contribution in [3.05, 3.63) is 40.4 Å². The first kappa shape index (κ1) is 14.7. The van der Waals surface area contributed by atoms with Crippen LogP contribution in [0.5, 0.6) is 0 Å². The molecule has 4 nitrogen and oxygen atoms in total. The van der Waals surface area contributed by atoms with Gasteiger partial charge in [0.15, 0.2) is 0 Å². The van der Waals surface area contributed by atoms with Gasteiger partial charge in [0, 0.05) is 0 Å². The molecule has 1 aromatic carbocycles. The molecule has 1 aromatic heterocycles. The van der Waals surface area contributed by atoms with Gasteiger partial charge in [-0.2, -0.15) is 0 Å². The molecule has 0 amide bonds. The number of hydrogen-bond donors (Lipinski definition) is 2. The summed E-state index contributed by atoms with van der Waals surface area (Å²) in [7, 11) is 0. The summed E-state index contributed by atoms with van der Waals surface area (Å²) >= 11 is 0. The van der Waals surface area contributed by atoms with Crippen molar-refractivity contribution in [2.24, 2.45) is 0 Å². The maximum atomic E-state index is 11.8. The number of rotatable bonds is 5. The number of fused-ring (bicyclic) bond motifs is 1. The third-order valence-corrected chi connectivity index (χ3v) is 2.66. The van der Waals surface area contributed by atoms with Crippen molar-refractivity contribution in [2.75, 3.05) is 6.54 Å². The van der Waals surface area contributed by atoms with E-state index in [4.69, 9.17) is 0 Å². The Bertz CT molecular complexity index is 553. The molecule has 0 fully saturated rings. The zero-order valence-corrected chi connectivity index (χ0v) is 11.2. The average Bonchev–Trinajstić information content (AvgIpc) is 2.35. The lowest BCUT2D eigenvalue weighted by Gasteiger charge is -2.04. The second kappa shape index (κ2) is 7.13. The van der Waals surface area contributed by atoms with E-state index in [0.717, 1.165) is 24.9 Å². The Morgan fingerprint density at radius 3 is 2.89 bits per heavy atom. The minimum Gasteiger partial charge on any atom is -0.310 e. The van der Waals surface area contributed by atoms with E-state index in [9.17, 15) is 4.79 Å². The van der Waals surface area contributed by atoms with Gasteiger partial charge in [-0.3, -0.25) is 4.79 Å². The van der Waals surface area contributed by atoms with Crippen LogP contribution in [0.4, 0.5) is 0 Å². The van der Waals surface area contributed by atoms with Gasteiger partial charge in [-0.05, 0) is 25.1 Å². The van der Waals surface area contributed by atoms with E-state index in [1.54, 1.807) is 6.07 Å². The van der Waals surface area contributed by atoms with Crippen LogP contribution in [0.25, 0.3) is 10.9 Å². The van der Waals surface area contributed by atoms with Crippen LogP contribution in [0.1, 0.15) is 25.6 Å². The highest BCUT2D eigenvalue weighted by Gasteiger charge is 2.02. The molecular weight excluding hydrogens is 250 g/mol. The van der Waals surface area contributed by atoms with E-state index in [2.05, 4.69) is 22.2 Å². The van der Waals surface area contributed by atoms with Gasteiger partial charge in [-0.15, -0.1) is 12.4 Å². The third-order valence-electron chi connectivity index (χ3n) is 2.66. The number of nitrogens with zero attached hydrogens (tertiary/aromatic N) is 1. The van der Waals surface area contributed by atoms with Crippen LogP contribution in [-0.2, 0) is 6.54 Å². The number of aromatic nitrogens is 2. The number of halogens is 1. The predicted molar refractivity (Wildman–Crippen MR) is 76.2 cm³/mol. The van der Waals surface area contributed by atoms with Crippen LogP contribution in [0.2, 0.25) is 0 Å². The maximum absolute atomic E-state index is 11.8. The van der Waals surface area contributed by atoms with Crippen molar-refractivity contribution in [3.63, 3.8) is 0 Å². The SMILES string of the molecule is CCCCNCc1nc2ccccc2c(=O)[nH]1.Cl. The van der Waals surface area contributed by atoms with Crippen LogP contribution >= 0.6 is 12.4 Å². The average molecular weight is 268 g/mol. The fraction of sp³-hybridized carbons (Fsp3) is 0.385. The van der Waals surface area contributed by atoms with Crippen LogP contribution in [0.3, 0.4) is 0 Å². The quantitative estimate of drug-likeness (QED) is 0.817. The Labute approximate surface area is 112 Å². The predicted octanol–water partition coefficient (Wildman–Crippen LogP) is 2.23. The fourth-order valence-electron chi connectivity index (χ4n) is 1.73. The summed E-state index contributed by atoms with van der Waals surface area (Å²) in [5.74, 6) is 0.699. The number of nitrogens with one attached hydrogen (secondary N) is 2. The van der Waals surface area contributed by atoms with Gasteiger partial charge < -0.3 is 10.3 Å². The van der Waals surface area contributed by atoms with Crippen LogP contribution in [0.15, 0.2) is 29.1 Å². The van der Waals surface area contributed by atoms with Crippen LogP contribution in [-0.4, -0.2) is 16.5 Å². The minimum atomic E-state index is -0.0668. The molecule has 2 aromatic rings. The van der Waals surface area contributed by atoms with Crippen molar-refractivity contribution in [1.29, 1.82) is 0 Å². The summed E-state index contributed by atoms with van der Waals surface area (Å²) in [5.41, 5.74) is 0.687. The molecule has 0 saturated carbocycles. The topological polar surface area (TPSA) is 57.8 Å².